The van der Waals surface area contributed by atoms with Crippen molar-refractivity contribution in [1.29, 1.82) is 10.5 Å². The van der Waals surface area contributed by atoms with E-state index in [0.717, 1.165) is 0 Å². The molecule has 0 aromatic carbocycles. The summed E-state index contributed by atoms with van der Waals surface area (Å²) < 4.78 is 0. The Hall–Kier alpha value is -1.33. The monoisotopic (exact) mass is 196 g/mol. The quantitative estimate of drug-likeness (QED) is 0.678. The molecule has 0 aromatic heterocycles. The second-order valence-electron chi connectivity index (χ2n) is 2.16. The minimum Gasteiger partial charge on any atom is -0.287 e. The molecule has 0 atom stereocenters. The van der Waals surface area contributed by atoms with Gasteiger partial charge >= 0.3 is 0 Å². The first kappa shape index (κ1) is 11.7. The maximum atomic E-state index is 10.9. The molecule has 0 aliphatic rings. The first-order valence-corrected chi connectivity index (χ1v) is 4.49. The van der Waals surface area contributed by atoms with Crippen LogP contribution in [-0.4, -0.2) is 10.2 Å². The van der Waals surface area contributed by atoms with Gasteiger partial charge in [0.1, 0.15) is 0 Å². The van der Waals surface area contributed by atoms with Crippen LogP contribution in [0.3, 0.4) is 0 Å². The predicted molar refractivity (Wildman–Crippen MR) is 47.3 cm³/mol. The molecule has 13 heavy (non-hydrogen) atoms. The van der Waals surface area contributed by atoms with Crippen LogP contribution in [0.5, 0.6) is 0 Å². The fraction of sp³-hybridized carbons (Fsp3) is 0.500. The van der Waals surface area contributed by atoms with Crippen molar-refractivity contribution in [3.8, 4) is 12.1 Å². The number of hydrogen-bond acceptors (Lipinski definition) is 5. The highest BCUT2D eigenvalue weighted by molar-refractivity contribution is 8.26. The lowest BCUT2D eigenvalue weighted by Crippen LogP contribution is -1.98. The van der Waals surface area contributed by atoms with Crippen molar-refractivity contribution in [3.05, 3.63) is 0 Å². The highest BCUT2D eigenvalue weighted by Crippen LogP contribution is 2.11. The van der Waals surface area contributed by atoms with Crippen molar-refractivity contribution in [3.63, 3.8) is 0 Å². The summed E-state index contributed by atoms with van der Waals surface area (Å²) >= 11 is 0.599. The highest BCUT2D eigenvalue weighted by atomic mass is 32.2. The second kappa shape index (κ2) is 7.33. The molecule has 5 heteroatoms. The summed E-state index contributed by atoms with van der Waals surface area (Å²) in [4.78, 5) is 21.8. The Morgan fingerprint density at radius 3 is 1.69 bits per heavy atom. The molecule has 0 heterocycles. The molecule has 0 aliphatic carbocycles. The number of carbonyl (C=O) groups excluding carboxylic acids is 2. The molecular weight excluding hydrogens is 188 g/mol. The second-order valence-corrected chi connectivity index (χ2v) is 3.28. The Kier molecular flexibility index (Phi) is 6.58. The lowest BCUT2D eigenvalue weighted by atomic mass is 10.4. The van der Waals surface area contributed by atoms with E-state index in [2.05, 4.69) is 0 Å². The molecule has 0 rings (SSSR count). The molecule has 0 bridgehead atoms. The van der Waals surface area contributed by atoms with Crippen LogP contribution in [0.2, 0.25) is 0 Å². The zero-order chi connectivity index (χ0) is 10.1. The first-order valence-electron chi connectivity index (χ1n) is 3.68. The van der Waals surface area contributed by atoms with Gasteiger partial charge in [-0.2, -0.15) is 10.5 Å². The van der Waals surface area contributed by atoms with Gasteiger partial charge in [0.05, 0.1) is 12.1 Å². The van der Waals surface area contributed by atoms with Crippen molar-refractivity contribution in [2.75, 3.05) is 0 Å². The van der Waals surface area contributed by atoms with Gasteiger partial charge in [-0.1, -0.05) is 0 Å². The highest BCUT2D eigenvalue weighted by Gasteiger charge is 2.09. The van der Waals surface area contributed by atoms with Gasteiger partial charge in [0, 0.05) is 25.7 Å². The zero-order valence-corrected chi connectivity index (χ0v) is 7.76. The molecule has 0 amide bonds. The third kappa shape index (κ3) is 7.04. The Labute approximate surface area is 80.5 Å². The van der Waals surface area contributed by atoms with Crippen molar-refractivity contribution < 1.29 is 9.59 Å². The largest absolute Gasteiger partial charge is 0.287 e. The van der Waals surface area contributed by atoms with Gasteiger partial charge in [0.25, 0.3) is 0 Å². The minimum atomic E-state index is -0.301. The average Bonchev–Trinajstić information content (AvgIpc) is 2.11. The predicted octanol–water partition coefficient (Wildman–Crippen LogP) is 1.38. The first-order chi connectivity index (χ1) is 6.20. The van der Waals surface area contributed by atoms with E-state index < -0.39 is 0 Å². The number of thioether (sulfide) groups is 1. The minimum absolute atomic E-state index is 0.0967. The van der Waals surface area contributed by atoms with E-state index in [1.165, 1.54) is 0 Å². The fourth-order valence-corrected chi connectivity index (χ4v) is 1.21. The molecule has 0 saturated carbocycles. The topological polar surface area (TPSA) is 81.7 Å². The number of hydrogen-bond donors (Lipinski definition) is 0. The maximum Gasteiger partial charge on any atom is 0.197 e. The lowest BCUT2D eigenvalue weighted by Gasteiger charge is -1.94. The van der Waals surface area contributed by atoms with E-state index in [9.17, 15) is 9.59 Å². The zero-order valence-electron chi connectivity index (χ0n) is 6.95. The molecular formula is C8H8N2O2S. The molecule has 0 aromatic rings. The fourth-order valence-electron chi connectivity index (χ4n) is 0.545. The summed E-state index contributed by atoms with van der Waals surface area (Å²) in [6.45, 7) is 0. The van der Waals surface area contributed by atoms with E-state index in [0.29, 0.717) is 11.8 Å². The van der Waals surface area contributed by atoms with Crippen LogP contribution in [0.1, 0.15) is 25.7 Å². The summed E-state index contributed by atoms with van der Waals surface area (Å²) in [5, 5.41) is 15.7. The standard InChI is InChI=1S/C8H8N2O2S/c9-5-1-3-7(11)13-8(12)4-2-6-10/h1-4H2. The Balaban J connectivity index is 3.62. The van der Waals surface area contributed by atoms with Crippen molar-refractivity contribution >= 4 is 22.0 Å². The van der Waals surface area contributed by atoms with Gasteiger partial charge in [-0.15, -0.1) is 0 Å². The van der Waals surface area contributed by atoms with Gasteiger partial charge in [-0.25, -0.2) is 0 Å². The Bertz CT molecular complexity index is 247. The molecule has 4 nitrogen and oxygen atoms in total. The summed E-state index contributed by atoms with van der Waals surface area (Å²) in [5.41, 5.74) is 0. The average molecular weight is 196 g/mol. The number of rotatable bonds is 4. The summed E-state index contributed by atoms with van der Waals surface area (Å²) in [6, 6.07) is 3.63. The van der Waals surface area contributed by atoms with E-state index in [4.69, 9.17) is 10.5 Å². The van der Waals surface area contributed by atoms with Crippen LogP contribution in [-0.2, 0) is 9.59 Å². The van der Waals surface area contributed by atoms with Gasteiger partial charge in [-0.05, 0) is 11.8 Å². The molecule has 0 radical (unpaired) electrons. The van der Waals surface area contributed by atoms with Crippen molar-refractivity contribution in [1.82, 2.24) is 0 Å². The molecule has 0 aliphatic heterocycles. The molecule has 0 N–H and O–H groups in total. The van der Waals surface area contributed by atoms with Crippen LogP contribution in [0.15, 0.2) is 0 Å². The van der Waals surface area contributed by atoms with Crippen molar-refractivity contribution in [2.45, 2.75) is 25.7 Å². The van der Waals surface area contributed by atoms with E-state index >= 15 is 0 Å². The van der Waals surface area contributed by atoms with Crippen LogP contribution < -0.4 is 0 Å². The molecule has 0 spiro atoms. The normalized spacial score (nSPS) is 8.46. The van der Waals surface area contributed by atoms with Crippen LogP contribution in [0.25, 0.3) is 0 Å². The number of carbonyl (C=O) groups is 2. The lowest BCUT2D eigenvalue weighted by molar-refractivity contribution is -0.113. The third-order valence-corrected chi connectivity index (χ3v) is 1.97. The smallest absolute Gasteiger partial charge is 0.197 e. The van der Waals surface area contributed by atoms with E-state index in [1.54, 1.807) is 0 Å². The number of nitrogens with zero attached hydrogens (tertiary/aromatic N) is 2. The SMILES string of the molecule is N#CCCC(=O)SC(=O)CCC#N. The molecule has 68 valence electrons. The number of nitriles is 2. The summed E-state index contributed by atoms with van der Waals surface area (Å²) in [5.74, 6) is 0. The Morgan fingerprint density at radius 1 is 1.00 bits per heavy atom. The van der Waals surface area contributed by atoms with Crippen LogP contribution >= 0.6 is 11.8 Å². The molecule has 0 unspecified atom stereocenters. The van der Waals surface area contributed by atoms with Crippen LogP contribution in [0, 0.1) is 22.7 Å². The maximum absolute atomic E-state index is 10.9. The molecule has 0 saturated heterocycles. The third-order valence-electron chi connectivity index (χ3n) is 1.11. The van der Waals surface area contributed by atoms with Gasteiger partial charge in [0.15, 0.2) is 10.2 Å². The summed E-state index contributed by atoms with van der Waals surface area (Å²) in [6.07, 6.45) is 0.466. The Morgan fingerprint density at radius 2 is 1.38 bits per heavy atom. The van der Waals surface area contributed by atoms with Crippen molar-refractivity contribution in [2.24, 2.45) is 0 Å². The molecule has 0 fully saturated rings. The van der Waals surface area contributed by atoms with Gasteiger partial charge in [-0.3, -0.25) is 9.59 Å². The van der Waals surface area contributed by atoms with Crippen LogP contribution in [0.4, 0.5) is 0 Å². The summed E-state index contributed by atoms with van der Waals surface area (Å²) in [7, 11) is 0. The van der Waals surface area contributed by atoms with Gasteiger partial charge < -0.3 is 0 Å². The van der Waals surface area contributed by atoms with E-state index in [1.807, 2.05) is 12.1 Å². The van der Waals surface area contributed by atoms with Gasteiger partial charge in [0.2, 0.25) is 0 Å². The van der Waals surface area contributed by atoms with E-state index in [-0.39, 0.29) is 35.9 Å².